The highest BCUT2D eigenvalue weighted by Crippen LogP contribution is 2.41. The van der Waals surface area contributed by atoms with E-state index in [1.807, 2.05) is 0 Å². The van der Waals surface area contributed by atoms with Gasteiger partial charge in [0, 0.05) is 27.2 Å². The Morgan fingerprint density at radius 3 is 2.06 bits per heavy atom. The fourth-order valence-corrected chi connectivity index (χ4v) is 4.76. The van der Waals surface area contributed by atoms with Crippen molar-refractivity contribution in [1.82, 2.24) is 0 Å². The molecule has 0 spiro atoms. The molecule has 2 rings (SSSR count). The molecule has 2 aliphatic heterocycles. The molecule has 17 heavy (non-hydrogen) atoms. The summed E-state index contributed by atoms with van der Waals surface area (Å²) in [6, 6.07) is 0. The largest absolute Gasteiger partial charge is 0.419 e. The van der Waals surface area contributed by atoms with Crippen LogP contribution in [-0.4, -0.2) is 26.7 Å². The summed E-state index contributed by atoms with van der Waals surface area (Å²) in [5.74, 6) is -1.55. The van der Waals surface area contributed by atoms with Gasteiger partial charge in [0.25, 0.3) is 0 Å². The number of halogens is 3. The topological polar surface area (TPSA) is 34.1 Å². The molecule has 0 N–H and O–H groups in total. The fourth-order valence-electron chi connectivity index (χ4n) is 2.63. The second-order valence-corrected chi connectivity index (χ2v) is 6.65. The predicted molar refractivity (Wildman–Crippen MR) is 57.9 cm³/mol. The molecular formula is C11H13F3O2S. The summed E-state index contributed by atoms with van der Waals surface area (Å²) >= 11 is 0. The third kappa shape index (κ3) is 2.32. The molecule has 2 atom stereocenters. The SMILES string of the molecule is C=C(C(=O)C1CC2CCC(C1)S2=O)C(F)(F)F. The number of hydrogen-bond donors (Lipinski definition) is 0. The van der Waals surface area contributed by atoms with Gasteiger partial charge in [0.15, 0.2) is 5.78 Å². The van der Waals surface area contributed by atoms with Crippen LogP contribution in [0.5, 0.6) is 0 Å². The standard InChI is InChI=1S/C11H13F3O2S/c1-6(11(12,13)14)10(15)7-4-8-2-3-9(5-7)17(8)16/h7-9H,1-5H2. The van der Waals surface area contributed by atoms with Crippen LogP contribution in [0.25, 0.3) is 0 Å². The molecule has 6 heteroatoms. The number of alkyl halides is 3. The molecule has 0 aromatic carbocycles. The van der Waals surface area contributed by atoms with E-state index in [0.717, 1.165) is 12.8 Å². The highest BCUT2D eigenvalue weighted by atomic mass is 32.2. The number of hydrogen-bond acceptors (Lipinski definition) is 2. The summed E-state index contributed by atoms with van der Waals surface area (Å²) < 4.78 is 48.8. The van der Waals surface area contributed by atoms with Crippen molar-refractivity contribution < 1.29 is 22.2 Å². The van der Waals surface area contributed by atoms with E-state index in [0.29, 0.717) is 12.8 Å². The van der Waals surface area contributed by atoms with Crippen molar-refractivity contribution in [3.8, 4) is 0 Å². The molecule has 0 amide bonds. The number of carbonyl (C=O) groups excluding carboxylic acids is 1. The lowest BCUT2D eigenvalue weighted by atomic mass is 9.90. The molecule has 2 aliphatic rings. The minimum Gasteiger partial charge on any atom is -0.294 e. The number of Topliss-reactive ketones (excluding diaryl/α,β-unsaturated/α-hetero) is 1. The minimum absolute atomic E-state index is 0.0938. The first-order chi connectivity index (χ1) is 7.80. The summed E-state index contributed by atoms with van der Waals surface area (Å²) in [7, 11) is -0.953. The molecule has 2 nitrogen and oxygen atoms in total. The number of allylic oxidation sites excluding steroid dienone is 1. The third-order valence-electron chi connectivity index (χ3n) is 3.57. The lowest BCUT2D eigenvalue weighted by Crippen LogP contribution is -2.35. The van der Waals surface area contributed by atoms with Crippen molar-refractivity contribution >= 4 is 16.6 Å². The monoisotopic (exact) mass is 266 g/mol. The number of ketones is 1. The first-order valence-electron chi connectivity index (χ1n) is 5.50. The molecule has 0 aromatic heterocycles. The van der Waals surface area contributed by atoms with E-state index in [1.54, 1.807) is 0 Å². The van der Waals surface area contributed by atoms with Gasteiger partial charge in [0.1, 0.15) is 0 Å². The molecule has 2 heterocycles. The maximum atomic E-state index is 12.4. The summed E-state index contributed by atoms with van der Waals surface area (Å²) in [4.78, 5) is 11.7. The van der Waals surface area contributed by atoms with E-state index in [-0.39, 0.29) is 10.5 Å². The zero-order chi connectivity index (χ0) is 12.8. The van der Waals surface area contributed by atoms with E-state index in [2.05, 4.69) is 6.58 Å². The van der Waals surface area contributed by atoms with E-state index in [9.17, 15) is 22.2 Å². The van der Waals surface area contributed by atoms with Crippen LogP contribution >= 0.6 is 0 Å². The summed E-state index contributed by atoms with van der Waals surface area (Å²) in [5, 5.41) is -0.188. The van der Waals surface area contributed by atoms with Gasteiger partial charge < -0.3 is 0 Å². The first-order valence-corrected chi connectivity index (χ1v) is 6.78. The Labute approximate surface area is 99.7 Å². The van der Waals surface area contributed by atoms with E-state index < -0.39 is 34.3 Å². The molecule has 0 radical (unpaired) electrons. The normalized spacial score (nSPS) is 36.9. The lowest BCUT2D eigenvalue weighted by Gasteiger charge is -2.27. The molecule has 2 bridgehead atoms. The van der Waals surface area contributed by atoms with Gasteiger partial charge in [0.2, 0.25) is 0 Å². The van der Waals surface area contributed by atoms with Gasteiger partial charge in [-0.25, -0.2) is 0 Å². The average Bonchev–Trinajstić information content (AvgIpc) is 2.50. The van der Waals surface area contributed by atoms with Crippen LogP contribution in [0.1, 0.15) is 25.7 Å². The number of rotatable bonds is 2. The second-order valence-electron chi connectivity index (χ2n) is 4.66. The average molecular weight is 266 g/mol. The van der Waals surface area contributed by atoms with Crippen molar-refractivity contribution in [2.24, 2.45) is 5.92 Å². The van der Waals surface area contributed by atoms with Gasteiger partial charge in [-0.05, 0) is 25.7 Å². The lowest BCUT2D eigenvalue weighted by molar-refractivity contribution is -0.132. The molecule has 0 aromatic rings. The van der Waals surface area contributed by atoms with Crippen LogP contribution in [0.3, 0.4) is 0 Å². The van der Waals surface area contributed by atoms with E-state index in [4.69, 9.17) is 0 Å². The van der Waals surface area contributed by atoms with Crippen LogP contribution in [0.2, 0.25) is 0 Å². The van der Waals surface area contributed by atoms with Crippen molar-refractivity contribution in [2.45, 2.75) is 42.4 Å². The Hall–Kier alpha value is -0.650. The summed E-state index contributed by atoms with van der Waals surface area (Å²) in [6.07, 6.45) is -2.49. The maximum absolute atomic E-state index is 12.4. The third-order valence-corrected chi connectivity index (χ3v) is 5.74. The van der Waals surface area contributed by atoms with Crippen molar-refractivity contribution in [3.63, 3.8) is 0 Å². The summed E-state index contributed by atoms with van der Waals surface area (Å²) in [5.41, 5.74) is -1.27. The van der Waals surface area contributed by atoms with Crippen LogP contribution in [0.4, 0.5) is 13.2 Å². The van der Waals surface area contributed by atoms with Crippen molar-refractivity contribution in [3.05, 3.63) is 12.2 Å². The smallest absolute Gasteiger partial charge is 0.294 e. The Kier molecular flexibility index (Phi) is 3.18. The molecule has 0 saturated carbocycles. The first kappa shape index (κ1) is 12.8. The number of fused-ring (bicyclic) bond motifs is 2. The highest BCUT2D eigenvalue weighted by Gasteiger charge is 2.46. The Morgan fingerprint density at radius 2 is 1.65 bits per heavy atom. The Morgan fingerprint density at radius 1 is 1.18 bits per heavy atom. The molecule has 2 unspecified atom stereocenters. The highest BCUT2D eigenvalue weighted by molar-refractivity contribution is 7.86. The van der Waals surface area contributed by atoms with Gasteiger partial charge >= 0.3 is 6.18 Å². The van der Waals surface area contributed by atoms with Gasteiger partial charge in [0.05, 0.1) is 5.57 Å². The molecular weight excluding hydrogens is 253 g/mol. The predicted octanol–water partition coefficient (Wildman–Crippen LogP) is 2.36. The maximum Gasteiger partial charge on any atom is 0.419 e. The van der Waals surface area contributed by atoms with Crippen molar-refractivity contribution in [1.29, 1.82) is 0 Å². The van der Waals surface area contributed by atoms with Crippen LogP contribution < -0.4 is 0 Å². The van der Waals surface area contributed by atoms with E-state index >= 15 is 0 Å². The van der Waals surface area contributed by atoms with Crippen LogP contribution in [-0.2, 0) is 15.6 Å². The zero-order valence-corrected chi connectivity index (χ0v) is 9.94. The second kappa shape index (κ2) is 4.23. The van der Waals surface area contributed by atoms with Gasteiger partial charge in [-0.15, -0.1) is 0 Å². The molecule has 2 fully saturated rings. The van der Waals surface area contributed by atoms with Crippen LogP contribution in [0, 0.1) is 5.92 Å². The molecule has 0 aliphatic carbocycles. The van der Waals surface area contributed by atoms with Gasteiger partial charge in [-0.1, -0.05) is 6.58 Å². The Balaban J connectivity index is 2.08. The quantitative estimate of drug-likeness (QED) is 0.719. The minimum atomic E-state index is -4.65. The van der Waals surface area contributed by atoms with Gasteiger partial charge in [-0.3, -0.25) is 9.00 Å². The Bertz CT molecular complexity index is 373. The summed E-state index contributed by atoms with van der Waals surface area (Å²) in [6.45, 7) is 2.84. The molecule has 2 saturated heterocycles. The van der Waals surface area contributed by atoms with Crippen molar-refractivity contribution in [2.75, 3.05) is 0 Å². The van der Waals surface area contributed by atoms with E-state index in [1.165, 1.54) is 0 Å². The zero-order valence-electron chi connectivity index (χ0n) is 9.13. The molecule has 96 valence electrons. The number of carbonyl (C=O) groups is 1. The van der Waals surface area contributed by atoms with Gasteiger partial charge in [-0.2, -0.15) is 13.2 Å². The van der Waals surface area contributed by atoms with Crippen LogP contribution in [0.15, 0.2) is 12.2 Å². The fraction of sp³-hybridized carbons (Fsp3) is 0.727.